The Morgan fingerprint density at radius 3 is 2.62 bits per heavy atom. The van der Waals surface area contributed by atoms with Crippen LogP contribution in [0.1, 0.15) is 28.9 Å². The number of hydrogen-bond acceptors (Lipinski definition) is 2. The number of aryl methyl sites for hydroxylation is 2. The summed E-state index contributed by atoms with van der Waals surface area (Å²) >= 11 is 5.98. The van der Waals surface area contributed by atoms with Crippen LogP contribution < -0.4 is 5.32 Å². The lowest BCUT2D eigenvalue weighted by Gasteiger charge is -2.07. The molecule has 1 heterocycles. The van der Waals surface area contributed by atoms with E-state index in [-0.39, 0.29) is 5.91 Å². The summed E-state index contributed by atoms with van der Waals surface area (Å²) in [7, 11) is 0. The third kappa shape index (κ3) is 4.33. The molecular formula is C21H22ClN3O. The fourth-order valence-corrected chi connectivity index (χ4v) is 3.19. The van der Waals surface area contributed by atoms with Gasteiger partial charge in [-0.25, -0.2) is 4.68 Å². The number of halogens is 1. The van der Waals surface area contributed by atoms with Gasteiger partial charge in [-0.2, -0.15) is 5.10 Å². The Kier molecular flexibility index (Phi) is 5.74. The van der Waals surface area contributed by atoms with E-state index in [1.54, 1.807) is 0 Å². The van der Waals surface area contributed by atoms with Gasteiger partial charge < -0.3 is 5.32 Å². The quantitative estimate of drug-likeness (QED) is 0.702. The van der Waals surface area contributed by atoms with Gasteiger partial charge in [0.05, 0.1) is 11.4 Å². The van der Waals surface area contributed by atoms with Crippen molar-refractivity contribution in [2.75, 3.05) is 0 Å². The molecule has 1 N–H and O–H groups in total. The van der Waals surface area contributed by atoms with E-state index in [1.165, 1.54) is 0 Å². The van der Waals surface area contributed by atoms with Crippen molar-refractivity contribution >= 4 is 17.5 Å². The molecule has 0 aliphatic rings. The summed E-state index contributed by atoms with van der Waals surface area (Å²) < 4.78 is 1.92. The van der Waals surface area contributed by atoms with Crippen LogP contribution in [0.4, 0.5) is 0 Å². The molecule has 1 amide bonds. The monoisotopic (exact) mass is 367 g/mol. The summed E-state index contributed by atoms with van der Waals surface area (Å²) in [5.41, 5.74) is 5.12. The van der Waals surface area contributed by atoms with Gasteiger partial charge in [-0.3, -0.25) is 4.79 Å². The van der Waals surface area contributed by atoms with E-state index in [0.29, 0.717) is 24.4 Å². The summed E-state index contributed by atoms with van der Waals surface area (Å²) in [5.74, 6) is 0.0243. The van der Waals surface area contributed by atoms with E-state index in [1.807, 2.05) is 73.1 Å². The van der Waals surface area contributed by atoms with Crippen molar-refractivity contribution in [1.29, 1.82) is 0 Å². The van der Waals surface area contributed by atoms with Crippen molar-refractivity contribution in [3.05, 3.63) is 82.1 Å². The van der Waals surface area contributed by atoms with Crippen molar-refractivity contribution in [1.82, 2.24) is 15.1 Å². The molecule has 0 saturated heterocycles. The van der Waals surface area contributed by atoms with Crippen LogP contribution in [0.2, 0.25) is 5.02 Å². The first-order valence-electron chi connectivity index (χ1n) is 8.66. The lowest BCUT2D eigenvalue weighted by molar-refractivity contribution is -0.121. The smallest absolute Gasteiger partial charge is 0.220 e. The number of rotatable bonds is 6. The highest BCUT2D eigenvalue weighted by molar-refractivity contribution is 6.30. The molecule has 0 fully saturated rings. The first-order valence-corrected chi connectivity index (χ1v) is 9.04. The fraction of sp³-hybridized carbons (Fsp3) is 0.238. The maximum atomic E-state index is 12.2. The van der Waals surface area contributed by atoms with Crippen LogP contribution >= 0.6 is 11.6 Å². The maximum Gasteiger partial charge on any atom is 0.220 e. The second-order valence-corrected chi connectivity index (χ2v) is 6.74. The van der Waals surface area contributed by atoms with E-state index >= 15 is 0 Å². The van der Waals surface area contributed by atoms with Gasteiger partial charge in [0.25, 0.3) is 0 Å². The minimum Gasteiger partial charge on any atom is -0.352 e. The predicted molar refractivity (Wildman–Crippen MR) is 105 cm³/mol. The van der Waals surface area contributed by atoms with Crippen LogP contribution in [-0.4, -0.2) is 15.7 Å². The number of aromatic nitrogens is 2. The summed E-state index contributed by atoms with van der Waals surface area (Å²) in [6, 6.07) is 17.6. The topological polar surface area (TPSA) is 46.9 Å². The molecule has 26 heavy (non-hydrogen) atoms. The molecule has 5 heteroatoms. The van der Waals surface area contributed by atoms with E-state index < -0.39 is 0 Å². The SMILES string of the molecule is Cc1nn(-c2ccccc2)c(C)c1CNC(=O)CCc1cccc(Cl)c1. The Labute approximate surface area is 158 Å². The van der Waals surface area contributed by atoms with Crippen molar-refractivity contribution in [2.24, 2.45) is 0 Å². The van der Waals surface area contributed by atoms with Gasteiger partial charge in [0.2, 0.25) is 5.91 Å². The largest absolute Gasteiger partial charge is 0.352 e. The highest BCUT2D eigenvalue weighted by Crippen LogP contribution is 2.18. The van der Waals surface area contributed by atoms with Gasteiger partial charge in [-0.15, -0.1) is 0 Å². The number of carbonyl (C=O) groups is 1. The average Bonchev–Trinajstić information content (AvgIpc) is 2.93. The van der Waals surface area contributed by atoms with E-state index in [0.717, 1.165) is 28.2 Å². The van der Waals surface area contributed by atoms with E-state index in [9.17, 15) is 4.79 Å². The number of hydrogen-bond donors (Lipinski definition) is 1. The van der Waals surface area contributed by atoms with Crippen molar-refractivity contribution in [3.8, 4) is 5.69 Å². The third-order valence-electron chi connectivity index (χ3n) is 4.43. The Balaban J connectivity index is 1.61. The van der Waals surface area contributed by atoms with Crippen molar-refractivity contribution in [2.45, 2.75) is 33.2 Å². The van der Waals surface area contributed by atoms with Gasteiger partial charge in [-0.05, 0) is 50.1 Å². The molecule has 2 aromatic carbocycles. The van der Waals surface area contributed by atoms with Gasteiger partial charge in [0, 0.05) is 29.2 Å². The normalized spacial score (nSPS) is 10.7. The van der Waals surface area contributed by atoms with Gasteiger partial charge >= 0.3 is 0 Å². The molecule has 0 atom stereocenters. The Morgan fingerprint density at radius 1 is 1.12 bits per heavy atom. The molecule has 1 aromatic heterocycles. The predicted octanol–water partition coefficient (Wildman–Crippen LogP) is 4.39. The Hall–Kier alpha value is -2.59. The molecule has 0 aliphatic heterocycles. The third-order valence-corrected chi connectivity index (χ3v) is 4.67. The summed E-state index contributed by atoms with van der Waals surface area (Å²) in [5, 5.41) is 8.31. The Bertz CT molecular complexity index is 903. The second-order valence-electron chi connectivity index (χ2n) is 6.30. The standard InChI is InChI=1S/C21H22ClN3O/c1-15-20(16(2)25(24-15)19-9-4-3-5-10-19)14-23-21(26)12-11-17-7-6-8-18(22)13-17/h3-10,13H,11-12,14H2,1-2H3,(H,23,26). The summed E-state index contributed by atoms with van der Waals surface area (Å²) in [6.07, 6.45) is 1.11. The zero-order chi connectivity index (χ0) is 18.5. The minimum absolute atomic E-state index is 0.0243. The lowest BCUT2D eigenvalue weighted by atomic mass is 10.1. The number of nitrogens with zero attached hydrogens (tertiary/aromatic N) is 2. The van der Waals surface area contributed by atoms with Crippen molar-refractivity contribution in [3.63, 3.8) is 0 Å². The van der Waals surface area contributed by atoms with Gasteiger partial charge in [0.1, 0.15) is 0 Å². The van der Waals surface area contributed by atoms with Gasteiger partial charge in [-0.1, -0.05) is 41.9 Å². The molecule has 134 valence electrons. The zero-order valence-electron chi connectivity index (χ0n) is 15.0. The van der Waals surface area contributed by atoms with Crippen molar-refractivity contribution < 1.29 is 4.79 Å². The van der Waals surface area contributed by atoms with E-state index in [4.69, 9.17) is 11.6 Å². The minimum atomic E-state index is 0.0243. The maximum absolute atomic E-state index is 12.2. The molecule has 0 aliphatic carbocycles. The molecule has 3 rings (SSSR count). The molecule has 0 unspecified atom stereocenters. The number of para-hydroxylation sites is 1. The first-order chi connectivity index (χ1) is 12.5. The molecular weight excluding hydrogens is 346 g/mol. The summed E-state index contributed by atoms with van der Waals surface area (Å²) in [4.78, 5) is 12.2. The molecule has 4 nitrogen and oxygen atoms in total. The molecule has 3 aromatic rings. The fourth-order valence-electron chi connectivity index (χ4n) is 2.98. The number of amides is 1. The van der Waals surface area contributed by atoms with Crippen LogP contribution in [0.5, 0.6) is 0 Å². The molecule has 0 radical (unpaired) electrons. The first kappa shape index (κ1) is 18.2. The van der Waals surface area contributed by atoms with Crippen LogP contribution in [0.3, 0.4) is 0 Å². The lowest BCUT2D eigenvalue weighted by Crippen LogP contribution is -2.23. The summed E-state index contributed by atoms with van der Waals surface area (Å²) in [6.45, 7) is 4.49. The highest BCUT2D eigenvalue weighted by Gasteiger charge is 2.13. The van der Waals surface area contributed by atoms with Crippen LogP contribution in [-0.2, 0) is 17.8 Å². The molecule has 0 spiro atoms. The van der Waals surface area contributed by atoms with Crippen LogP contribution in [0, 0.1) is 13.8 Å². The molecule has 0 bridgehead atoms. The number of benzene rings is 2. The molecule has 0 saturated carbocycles. The van der Waals surface area contributed by atoms with E-state index in [2.05, 4.69) is 10.4 Å². The van der Waals surface area contributed by atoms with Crippen LogP contribution in [0.15, 0.2) is 54.6 Å². The average molecular weight is 368 g/mol. The van der Waals surface area contributed by atoms with Crippen LogP contribution in [0.25, 0.3) is 5.69 Å². The zero-order valence-corrected chi connectivity index (χ0v) is 15.8. The number of carbonyl (C=O) groups excluding carboxylic acids is 1. The second kappa shape index (κ2) is 8.19. The number of nitrogens with one attached hydrogen (secondary N) is 1. The van der Waals surface area contributed by atoms with Gasteiger partial charge in [0.15, 0.2) is 0 Å². The Morgan fingerprint density at radius 2 is 1.88 bits per heavy atom. The highest BCUT2D eigenvalue weighted by atomic mass is 35.5.